The lowest BCUT2D eigenvalue weighted by molar-refractivity contribution is 0.425. The van der Waals surface area contributed by atoms with Crippen LogP contribution in [0.4, 0.5) is 0 Å². The molecular formula is C57H47OP3. The largest absolute Gasteiger partial charge is 0.455 e. The van der Waals surface area contributed by atoms with Crippen LogP contribution in [0.2, 0.25) is 0 Å². The van der Waals surface area contributed by atoms with Crippen molar-refractivity contribution in [1.82, 2.24) is 0 Å². The Morgan fingerprint density at radius 1 is 0.262 bits per heavy atom. The van der Waals surface area contributed by atoms with Gasteiger partial charge in [0.05, 0.1) is 0 Å². The molecule has 0 bridgehead atoms. The summed E-state index contributed by atoms with van der Waals surface area (Å²) in [5.41, 5.74) is 2.26. The number of ether oxygens (including phenoxy) is 1. The summed E-state index contributed by atoms with van der Waals surface area (Å²) in [5, 5.41) is 12.0. The maximum Gasteiger partial charge on any atom is 0.139 e. The van der Waals surface area contributed by atoms with E-state index in [1.165, 1.54) is 58.9 Å². The van der Waals surface area contributed by atoms with Crippen LogP contribution in [-0.4, -0.2) is 0 Å². The van der Waals surface area contributed by atoms with Gasteiger partial charge in [-0.25, -0.2) is 0 Å². The number of fused-ring (bicyclic) bond motifs is 2. The summed E-state index contributed by atoms with van der Waals surface area (Å²) in [5.74, 6) is 2.02. The Morgan fingerprint density at radius 2 is 0.492 bits per heavy atom. The number of rotatable bonds is 9. The fourth-order valence-corrected chi connectivity index (χ4v) is 15.3. The van der Waals surface area contributed by atoms with Crippen molar-refractivity contribution in [2.75, 3.05) is 0 Å². The van der Waals surface area contributed by atoms with Crippen molar-refractivity contribution in [3.05, 3.63) is 260 Å². The van der Waals surface area contributed by atoms with Gasteiger partial charge in [-0.05, 0) is 60.9 Å². The molecule has 1 aliphatic heterocycles. The fourth-order valence-electron chi connectivity index (χ4n) is 8.19. The van der Waals surface area contributed by atoms with Crippen LogP contribution in [0.5, 0.6) is 11.5 Å². The molecule has 9 aromatic carbocycles. The Bertz CT molecular complexity index is 2480. The highest BCUT2D eigenvalue weighted by atomic mass is 31.1. The predicted octanol–water partition coefficient (Wildman–Crippen LogP) is 11.1. The van der Waals surface area contributed by atoms with Gasteiger partial charge < -0.3 is 4.74 Å². The average Bonchev–Trinajstić information content (AvgIpc) is 3.32. The average molecular weight is 841 g/mol. The number of para-hydroxylation sites is 2. The van der Waals surface area contributed by atoms with Gasteiger partial charge in [-0.1, -0.05) is 263 Å². The first-order chi connectivity index (χ1) is 30.1. The summed E-state index contributed by atoms with van der Waals surface area (Å²) >= 11 is 0. The van der Waals surface area contributed by atoms with Crippen LogP contribution in [0.15, 0.2) is 249 Å². The summed E-state index contributed by atoms with van der Waals surface area (Å²) in [7, 11) is -2.09. The molecule has 0 amide bonds. The van der Waals surface area contributed by atoms with Gasteiger partial charge in [0.1, 0.15) is 11.5 Å². The molecule has 1 heterocycles. The van der Waals surface area contributed by atoms with Crippen LogP contribution in [-0.2, 0) is 5.41 Å². The zero-order chi connectivity index (χ0) is 41.4. The molecule has 0 saturated carbocycles. The first-order valence-corrected chi connectivity index (χ1v) is 24.8. The van der Waals surface area contributed by atoms with Gasteiger partial charge in [-0.2, -0.15) is 0 Å². The predicted molar refractivity (Wildman–Crippen MR) is 268 cm³/mol. The zero-order valence-electron chi connectivity index (χ0n) is 34.4. The molecule has 9 aromatic rings. The van der Waals surface area contributed by atoms with Crippen LogP contribution >= 0.6 is 23.8 Å². The highest BCUT2D eigenvalue weighted by Crippen LogP contribution is 2.52. The van der Waals surface area contributed by atoms with Gasteiger partial charge in [0.15, 0.2) is 0 Å². The molecule has 10 rings (SSSR count). The molecule has 0 aromatic heterocycles. The van der Waals surface area contributed by atoms with E-state index >= 15 is 0 Å². The molecule has 1 aliphatic rings. The molecule has 0 aliphatic carbocycles. The summed E-state index contributed by atoms with van der Waals surface area (Å²) in [4.78, 5) is 0. The van der Waals surface area contributed by atoms with E-state index in [1.807, 2.05) is 0 Å². The van der Waals surface area contributed by atoms with Crippen LogP contribution in [0.1, 0.15) is 25.0 Å². The molecule has 61 heavy (non-hydrogen) atoms. The minimum atomic E-state index is -0.824. The van der Waals surface area contributed by atoms with Crippen LogP contribution in [0.25, 0.3) is 0 Å². The van der Waals surface area contributed by atoms with Crippen LogP contribution in [0.3, 0.4) is 0 Å². The van der Waals surface area contributed by atoms with Gasteiger partial charge in [0.2, 0.25) is 0 Å². The topological polar surface area (TPSA) is 9.23 Å². The third-order valence-electron chi connectivity index (χ3n) is 11.1. The molecule has 0 fully saturated rings. The van der Waals surface area contributed by atoms with E-state index < -0.39 is 23.8 Å². The minimum absolute atomic E-state index is 0.225. The Labute approximate surface area is 365 Å². The van der Waals surface area contributed by atoms with Gasteiger partial charge in [-0.15, -0.1) is 0 Å². The lowest BCUT2D eigenvalue weighted by atomic mass is 9.76. The van der Waals surface area contributed by atoms with Crippen molar-refractivity contribution in [3.63, 3.8) is 0 Å². The van der Waals surface area contributed by atoms with E-state index in [-0.39, 0.29) is 5.41 Å². The Kier molecular flexibility index (Phi) is 12.5. The van der Waals surface area contributed by atoms with E-state index in [0.29, 0.717) is 0 Å². The van der Waals surface area contributed by atoms with Crippen molar-refractivity contribution in [1.29, 1.82) is 0 Å². The summed E-state index contributed by atoms with van der Waals surface area (Å²) in [6, 6.07) is 89.5. The SMILES string of the molecule is CC1(C)c2cccc(P(c3ccccc3)c3ccccc3)c2Oc2c(P(c3ccccc3)c3ccccc3)cccc21.c1ccc(P(c2ccccc2)c2ccccc2)cc1. The number of hydrogen-bond acceptors (Lipinski definition) is 1. The number of benzene rings is 9. The minimum Gasteiger partial charge on any atom is -0.455 e. The molecule has 0 atom stereocenters. The van der Waals surface area contributed by atoms with Gasteiger partial charge in [0, 0.05) is 27.2 Å². The maximum atomic E-state index is 7.26. The molecular weight excluding hydrogens is 794 g/mol. The zero-order valence-corrected chi connectivity index (χ0v) is 37.1. The third-order valence-corrected chi connectivity index (χ3v) is 18.5. The second kappa shape index (κ2) is 18.8. The maximum absolute atomic E-state index is 7.26. The van der Waals surface area contributed by atoms with Crippen LogP contribution in [0, 0.1) is 0 Å². The molecule has 296 valence electrons. The van der Waals surface area contributed by atoms with Gasteiger partial charge >= 0.3 is 0 Å². The lowest BCUT2D eigenvalue weighted by Gasteiger charge is -2.38. The summed E-state index contributed by atoms with van der Waals surface area (Å²) < 4.78 is 7.26. The van der Waals surface area contributed by atoms with E-state index in [1.54, 1.807) is 0 Å². The van der Waals surface area contributed by atoms with Crippen molar-refractivity contribution >= 4 is 71.5 Å². The van der Waals surface area contributed by atoms with Crippen molar-refractivity contribution in [2.24, 2.45) is 0 Å². The summed E-state index contributed by atoms with van der Waals surface area (Å²) in [6.45, 7) is 4.70. The highest BCUT2D eigenvalue weighted by molar-refractivity contribution is 7.80. The van der Waals surface area contributed by atoms with E-state index in [4.69, 9.17) is 4.74 Å². The Hall–Kier alpha value is -5.93. The normalized spacial score (nSPS) is 12.5. The van der Waals surface area contributed by atoms with Crippen molar-refractivity contribution < 1.29 is 4.74 Å². The van der Waals surface area contributed by atoms with Gasteiger partial charge in [0.25, 0.3) is 0 Å². The molecule has 0 saturated heterocycles. The van der Waals surface area contributed by atoms with Gasteiger partial charge in [-0.3, -0.25) is 0 Å². The smallest absolute Gasteiger partial charge is 0.139 e. The van der Waals surface area contributed by atoms with Crippen molar-refractivity contribution in [3.8, 4) is 11.5 Å². The van der Waals surface area contributed by atoms with E-state index in [0.717, 1.165) is 11.5 Å². The molecule has 0 unspecified atom stereocenters. The quantitative estimate of drug-likeness (QED) is 0.132. The van der Waals surface area contributed by atoms with Crippen LogP contribution < -0.4 is 52.5 Å². The molecule has 0 spiro atoms. The van der Waals surface area contributed by atoms with E-state index in [2.05, 4.69) is 263 Å². The third kappa shape index (κ3) is 8.67. The molecule has 0 N–H and O–H groups in total. The Morgan fingerprint density at radius 3 is 0.738 bits per heavy atom. The second-order valence-electron chi connectivity index (χ2n) is 15.4. The first kappa shape index (κ1) is 40.5. The monoisotopic (exact) mass is 840 g/mol. The molecule has 1 nitrogen and oxygen atoms in total. The fraction of sp³-hybridized carbons (Fsp3) is 0.0526. The standard InChI is InChI=1S/C39H32OP2.C18H15P/c1-39(2)33-25-15-27-35(41(29-17-7-3-8-18-29)30-19-9-4-10-20-30)37(33)40-38-34(39)26-16-28-36(38)42(31-21-11-5-12-22-31)32-23-13-6-14-24-32;1-4-10-16(11-5-1)19(17-12-6-2-7-13-17)18-14-8-3-9-15-18/h3-28H,1-2H3;1-15H. The second-order valence-corrected chi connectivity index (χ2v) is 22.0. The highest BCUT2D eigenvalue weighted by Gasteiger charge is 2.39. The molecule has 4 heteroatoms. The molecule has 0 radical (unpaired) electrons. The summed E-state index contributed by atoms with van der Waals surface area (Å²) in [6.07, 6.45) is 0. The van der Waals surface area contributed by atoms with E-state index in [9.17, 15) is 0 Å². The number of hydrogen-bond donors (Lipinski definition) is 0. The lowest BCUT2D eigenvalue weighted by Crippen LogP contribution is -2.32. The first-order valence-electron chi connectivity index (χ1n) is 20.8. The Balaban J connectivity index is 0.000000209. The van der Waals surface area contributed by atoms with Crippen molar-refractivity contribution in [2.45, 2.75) is 19.3 Å².